The molecule has 0 aliphatic carbocycles. The minimum atomic E-state index is -0.281. The summed E-state index contributed by atoms with van der Waals surface area (Å²) in [6, 6.07) is 18.5. The van der Waals surface area contributed by atoms with Gasteiger partial charge in [-0.3, -0.25) is 4.79 Å². The van der Waals surface area contributed by atoms with Crippen molar-refractivity contribution in [1.82, 2.24) is 4.57 Å². The number of hydrogen-bond acceptors (Lipinski definition) is 2. The molecule has 0 atom stereocenters. The Kier molecular flexibility index (Phi) is 3.47. The van der Waals surface area contributed by atoms with Crippen LogP contribution in [0.15, 0.2) is 59.4 Å². The van der Waals surface area contributed by atoms with Crippen LogP contribution in [-0.2, 0) is 6.54 Å². The fourth-order valence-corrected chi connectivity index (χ4v) is 2.54. The summed E-state index contributed by atoms with van der Waals surface area (Å²) in [5, 5.41) is 10.5. The quantitative estimate of drug-likeness (QED) is 0.725. The number of pyridine rings is 1. The maximum atomic E-state index is 12.4. The zero-order chi connectivity index (χ0) is 14.8. The first-order valence-corrected chi connectivity index (χ1v) is 6.84. The molecule has 1 heterocycles. The zero-order valence-corrected chi connectivity index (χ0v) is 11.8. The van der Waals surface area contributed by atoms with Crippen molar-refractivity contribution >= 4 is 22.5 Å². The van der Waals surface area contributed by atoms with E-state index in [2.05, 4.69) is 0 Å². The predicted molar refractivity (Wildman–Crippen MR) is 83.5 cm³/mol. The summed E-state index contributed by atoms with van der Waals surface area (Å²) in [6.45, 7) is 0.424. The van der Waals surface area contributed by atoms with Crippen LogP contribution in [0.25, 0.3) is 10.9 Å². The lowest BCUT2D eigenvalue weighted by Gasteiger charge is -2.11. The molecule has 1 aromatic heterocycles. The third kappa shape index (κ3) is 2.54. The van der Waals surface area contributed by atoms with E-state index < -0.39 is 0 Å². The van der Waals surface area contributed by atoms with Gasteiger partial charge in [0.1, 0.15) is 11.6 Å². The minimum absolute atomic E-state index is 0.126. The van der Waals surface area contributed by atoms with Crippen LogP contribution in [-0.4, -0.2) is 4.57 Å². The van der Waals surface area contributed by atoms with Gasteiger partial charge in [-0.2, -0.15) is 5.26 Å². The van der Waals surface area contributed by atoms with Crippen molar-refractivity contribution in [2.24, 2.45) is 0 Å². The Hall–Kier alpha value is -2.57. The molecule has 0 saturated heterocycles. The molecule has 0 unspecified atom stereocenters. The first-order valence-electron chi connectivity index (χ1n) is 6.46. The molecule has 0 N–H and O–H groups in total. The Labute approximate surface area is 126 Å². The van der Waals surface area contributed by atoms with Gasteiger partial charge in [0.05, 0.1) is 12.1 Å². The minimum Gasteiger partial charge on any atom is -0.303 e. The number of nitrogens with zero attached hydrogens (tertiary/aromatic N) is 2. The summed E-state index contributed by atoms with van der Waals surface area (Å²) in [6.07, 6.45) is 0. The van der Waals surface area contributed by atoms with Gasteiger partial charge in [-0.25, -0.2) is 0 Å². The third-order valence-corrected chi connectivity index (χ3v) is 3.59. The largest absolute Gasteiger partial charge is 0.303 e. The molecule has 3 nitrogen and oxygen atoms in total. The lowest BCUT2D eigenvalue weighted by atomic mass is 10.1. The topological polar surface area (TPSA) is 45.8 Å². The molecule has 0 aliphatic rings. The number of rotatable bonds is 2. The highest BCUT2D eigenvalue weighted by molar-refractivity contribution is 6.31. The average molecular weight is 295 g/mol. The predicted octanol–water partition coefficient (Wildman–Crippen LogP) is 3.57. The molecule has 21 heavy (non-hydrogen) atoms. The molecule has 4 heteroatoms. The number of aromatic nitrogens is 1. The van der Waals surface area contributed by atoms with Gasteiger partial charge in [0.15, 0.2) is 0 Å². The summed E-state index contributed by atoms with van der Waals surface area (Å²) >= 11 is 6.00. The Bertz CT molecular complexity index is 908. The highest BCUT2D eigenvalue weighted by atomic mass is 35.5. The molecule has 3 aromatic rings. The monoisotopic (exact) mass is 294 g/mol. The van der Waals surface area contributed by atoms with Crippen molar-refractivity contribution in [1.29, 1.82) is 5.26 Å². The number of benzene rings is 2. The van der Waals surface area contributed by atoms with E-state index in [1.807, 2.05) is 42.5 Å². The van der Waals surface area contributed by atoms with Crippen LogP contribution in [0.2, 0.25) is 5.02 Å². The van der Waals surface area contributed by atoms with E-state index in [-0.39, 0.29) is 11.1 Å². The normalized spacial score (nSPS) is 10.5. The summed E-state index contributed by atoms with van der Waals surface area (Å²) in [5.74, 6) is 0. The summed E-state index contributed by atoms with van der Waals surface area (Å²) in [7, 11) is 0. The SMILES string of the molecule is N#Cc1cc2cc(Cl)ccc2n(Cc2ccccc2)c1=O. The van der Waals surface area contributed by atoms with Crippen LogP contribution >= 0.6 is 11.6 Å². The second-order valence-electron chi connectivity index (χ2n) is 4.75. The number of fused-ring (bicyclic) bond motifs is 1. The number of halogens is 1. The van der Waals surface area contributed by atoms with E-state index in [9.17, 15) is 4.79 Å². The molecule has 0 bridgehead atoms. The fraction of sp³-hybridized carbons (Fsp3) is 0.0588. The standard InChI is InChI=1S/C17H11ClN2O/c18-15-6-7-16-13(9-15)8-14(10-19)17(21)20(16)11-12-4-2-1-3-5-12/h1-9H,11H2. The molecule has 2 aromatic carbocycles. The van der Waals surface area contributed by atoms with Gasteiger partial charge in [0.2, 0.25) is 0 Å². The second-order valence-corrected chi connectivity index (χ2v) is 5.19. The molecule has 102 valence electrons. The van der Waals surface area contributed by atoms with Gasteiger partial charge in [0, 0.05) is 10.4 Å². The Balaban J connectivity index is 2.27. The van der Waals surface area contributed by atoms with E-state index in [0.29, 0.717) is 11.6 Å². The van der Waals surface area contributed by atoms with Crippen LogP contribution in [0.3, 0.4) is 0 Å². The van der Waals surface area contributed by atoms with E-state index >= 15 is 0 Å². The molecule has 0 saturated carbocycles. The van der Waals surface area contributed by atoms with E-state index in [1.165, 1.54) is 0 Å². The first-order chi connectivity index (χ1) is 10.2. The van der Waals surface area contributed by atoms with Crippen molar-refractivity contribution in [2.75, 3.05) is 0 Å². The Morgan fingerprint density at radius 1 is 1.10 bits per heavy atom. The van der Waals surface area contributed by atoms with Gasteiger partial charge in [-0.1, -0.05) is 41.9 Å². The van der Waals surface area contributed by atoms with Crippen LogP contribution in [0.4, 0.5) is 0 Å². The van der Waals surface area contributed by atoms with Gasteiger partial charge in [0.25, 0.3) is 5.56 Å². The van der Waals surface area contributed by atoms with Crippen molar-refractivity contribution in [3.63, 3.8) is 0 Å². The van der Waals surface area contributed by atoms with Crippen molar-refractivity contribution in [3.05, 3.63) is 81.1 Å². The first kappa shape index (κ1) is 13.4. The summed E-state index contributed by atoms with van der Waals surface area (Å²) in [4.78, 5) is 12.4. The highest BCUT2D eigenvalue weighted by Crippen LogP contribution is 2.19. The zero-order valence-electron chi connectivity index (χ0n) is 11.1. The van der Waals surface area contributed by atoms with Crippen LogP contribution in [0, 0.1) is 11.3 Å². The van der Waals surface area contributed by atoms with Crippen LogP contribution in [0.5, 0.6) is 0 Å². The summed E-state index contributed by atoms with van der Waals surface area (Å²) in [5.41, 5.74) is 1.62. The van der Waals surface area contributed by atoms with E-state index in [1.54, 1.807) is 22.8 Å². The molecule has 0 fully saturated rings. The highest BCUT2D eigenvalue weighted by Gasteiger charge is 2.09. The van der Waals surface area contributed by atoms with Gasteiger partial charge < -0.3 is 4.57 Å². The molecule has 0 radical (unpaired) electrons. The Morgan fingerprint density at radius 3 is 2.57 bits per heavy atom. The van der Waals surface area contributed by atoms with Crippen LogP contribution in [0.1, 0.15) is 11.1 Å². The van der Waals surface area contributed by atoms with Crippen LogP contribution < -0.4 is 5.56 Å². The lowest BCUT2D eigenvalue weighted by molar-refractivity contribution is 0.792. The van der Waals surface area contributed by atoms with E-state index in [0.717, 1.165) is 16.5 Å². The maximum absolute atomic E-state index is 12.4. The molecule has 0 amide bonds. The maximum Gasteiger partial charge on any atom is 0.269 e. The van der Waals surface area contributed by atoms with E-state index in [4.69, 9.17) is 16.9 Å². The molecule has 0 aliphatic heterocycles. The fourth-order valence-electron chi connectivity index (χ4n) is 2.36. The van der Waals surface area contributed by atoms with Crippen molar-refractivity contribution in [2.45, 2.75) is 6.54 Å². The average Bonchev–Trinajstić information content (AvgIpc) is 2.50. The molecular formula is C17H11ClN2O. The molecule has 3 rings (SSSR count). The van der Waals surface area contributed by atoms with Gasteiger partial charge in [-0.05, 0) is 29.8 Å². The van der Waals surface area contributed by atoms with Gasteiger partial charge in [-0.15, -0.1) is 0 Å². The lowest BCUT2D eigenvalue weighted by Crippen LogP contribution is -2.23. The number of nitriles is 1. The second kappa shape index (κ2) is 5.43. The molecular weight excluding hydrogens is 284 g/mol. The molecule has 0 spiro atoms. The van der Waals surface area contributed by atoms with Gasteiger partial charge >= 0.3 is 0 Å². The Morgan fingerprint density at radius 2 is 1.86 bits per heavy atom. The smallest absolute Gasteiger partial charge is 0.269 e. The van der Waals surface area contributed by atoms with Crippen molar-refractivity contribution < 1.29 is 0 Å². The third-order valence-electron chi connectivity index (χ3n) is 3.36. The van der Waals surface area contributed by atoms with Crippen molar-refractivity contribution in [3.8, 4) is 6.07 Å². The number of hydrogen-bond donors (Lipinski definition) is 0. The summed E-state index contributed by atoms with van der Waals surface area (Å²) < 4.78 is 1.61.